The standard InChI is InChI=1S/C15H21N3.2ClH/c1-15(2)13-6-4-3-5-12(13)7-10-18(15)11-14-16-8-9-17-14;;/h3-6H,7-11H2,1-2H3,(H,16,17);2*1H. The summed E-state index contributed by atoms with van der Waals surface area (Å²) in [4.78, 5) is 7.05. The lowest BCUT2D eigenvalue weighted by Crippen LogP contribution is -2.50. The van der Waals surface area contributed by atoms with Crippen molar-refractivity contribution in [3.63, 3.8) is 0 Å². The molecule has 2 heterocycles. The molecule has 1 aromatic rings. The van der Waals surface area contributed by atoms with Crippen molar-refractivity contribution in [2.75, 3.05) is 26.2 Å². The summed E-state index contributed by atoms with van der Waals surface area (Å²) in [5.41, 5.74) is 3.07. The molecule has 0 radical (unpaired) electrons. The molecule has 0 saturated carbocycles. The average molecular weight is 316 g/mol. The number of nitrogens with zero attached hydrogens (tertiary/aromatic N) is 2. The molecule has 3 rings (SSSR count). The number of hydrogen-bond acceptors (Lipinski definition) is 3. The molecule has 3 nitrogen and oxygen atoms in total. The van der Waals surface area contributed by atoms with Crippen molar-refractivity contribution in [1.29, 1.82) is 0 Å². The van der Waals surface area contributed by atoms with Crippen LogP contribution < -0.4 is 5.32 Å². The molecular weight excluding hydrogens is 293 g/mol. The smallest absolute Gasteiger partial charge is 0.111 e. The number of halogens is 2. The van der Waals surface area contributed by atoms with Gasteiger partial charge in [-0.1, -0.05) is 24.3 Å². The van der Waals surface area contributed by atoms with Crippen molar-refractivity contribution in [2.24, 2.45) is 4.99 Å². The van der Waals surface area contributed by atoms with E-state index in [0.29, 0.717) is 0 Å². The molecule has 0 aliphatic carbocycles. The Balaban J connectivity index is 0.000001000. The second kappa shape index (κ2) is 6.79. The number of rotatable bonds is 2. The van der Waals surface area contributed by atoms with E-state index in [0.717, 1.165) is 38.4 Å². The van der Waals surface area contributed by atoms with Crippen LogP contribution in [0, 0.1) is 0 Å². The van der Waals surface area contributed by atoms with E-state index in [1.54, 1.807) is 0 Å². The molecule has 0 fully saturated rings. The first-order valence-corrected chi connectivity index (χ1v) is 6.78. The molecule has 1 N–H and O–H groups in total. The number of fused-ring (bicyclic) bond motifs is 1. The number of nitrogens with one attached hydrogen (secondary N) is 1. The van der Waals surface area contributed by atoms with Gasteiger partial charge >= 0.3 is 0 Å². The maximum Gasteiger partial charge on any atom is 0.111 e. The van der Waals surface area contributed by atoms with Crippen molar-refractivity contribution in [2.45, 2.75) is 25.8 Å². The summed E-state index contributed by atoms with van der Waals surface area (Å²) in [6, 6.07) is 8.83. The number of hydrogen-bond donors (Lipinski definition) is 1. The molecule has 20 heavy (non-hydrogen) atoms. The third-order valence-electron chi connectivity index (χ3n) is 4.20. The zero-order valence-electron chi connectivity index (χ0n) is 12.1. The highest BCUT2D eigenvalue weighted by Gasteiger charge is 2.34. The van der Waals surface area contributed by atoms with Gasteiger partial charge in [-0.3, -0.25) is 9.89 Å². The van der Waals surface area contributed by atoms with Gasteiger partial charge in [-0.05, 0) is 31.4 Å². The minimum atomic E-state index is 0. The third kappa shape index (κ3) is 3.11. The van der Waals surface area contributed by atoms with E-state index >= 15 is 0 Å². The van der Waals surface area contributed by atoms with Crippen molar-refractivity contribution >= 4 is 30.6 Å². The van der Waals surface area contributed by atoms with E-state index in [-0.39, 0.29) is 30.4 Å². The van der Waals surface area contributed by atoms with E-state index in [1.165, 1.54) is 11.1 Å². The van der Waals surface area contributed by atoms with Gasteiger partial charge in [-0.25, -0.2) is 0 Å². The number of benzene rings is 1. The van der Waals surface area contributed by atoms with Gasteiger partial charge in [0.1, 0.15) is 5.84 Å². The minimum absolute atomic E-state index is 0. The van der Waals surface area contributed by atoms with Crippen molar-refractivity contribution in [3.8, 4) is 0 Å². The van der Waals surface area contributed by atoms with E-state index in [9.17, 15) is 0 Å². The van der Waals surface area contributed by atoms with Crippen molar-refractivity contribution in [1.82, 2.24) is 10.2 Å². The monoisotopic (exact) mass is 315 g/mol. The molecule has 5 heteroatoms. The predicted molar refractivity (Wildman–Crippen MR) is 89.5 cm³/mol. The van der Waals surface area contributed by atoms with Crippen molar-refractivity contribution < 1.29 is 0 Å². The molecule has 0 saturated heterocycles. The summed E-state index contributed by atoms with van der Waals surface area (Å²) in [6.07, 6.45) is 1.15. The quantitative estimate of drug-likeness (QED) is 0.908. The zero-order chi connectivity index (χ0) is 12.6. The lowest BCUT2D eigenvalue weighted by molar-refractivity contribution is 0.128. The van der Waals surface area contributed by atoms with Crippen LogP contribution in [0.4, 0.5) is 0 Å². The molecule has 0 bridgehead atoms. The Bertz CT molecular complexity index is 486. The Morgan fingerprint density at radius 1 is 1.25 bits per heavy atom. The van der Waals surface area contributed by atoms with Crippen LogP contribution >= 0.6 is 24.8 Å². The van der Waals surface area contributed by atoms with Crippen LogP contribution in [0.25, 0.3) is 0 Å². The second-order valence-corrected chi connectivity index (χ2v) is 5.64. The third-order valence-corrected chi connectivity index (χ3v) is 4.20. The first-order chi connectivity index (χ1) is 8.68. The van der Waals surface area contributed by atoms with Gasteiger partial charge in [-0.15, -0.1) is 24.8 Å². The summed E-state index contributed by atoms with van der Waals surface area (Å²) >= 11 is 0. The predicted octanol–water partition coefficient (Wildman–Crippen LogP) is 2.63. The second-order valence-electron chi connectivity index (χ2n) is 5.64. The fraction of sp³-hybridized carbons (Fsp3) is 0.533. The number of aliphatic imine (C=N–C) groups is 1. The van der Waals surface area contributed by atoms with E-state index in [2.05, 4.69) is 53.3 Å². The molecule has 1 aromatic carbocycles. The average Bonchev–Trinajstić information content (AvgIpc) is 2.86. The fourth-order valence-corrected chi connectivity index (χ4v) is 3.05. The zero-order valence-corrected chi connectivity index (χ0v) is 13.7. The highest BCUT2D eigenvalue weighted by molar-refractivity contribution is 5.86. The fourth-order valence-electron chi connectivity index (χ4n) is 3.05. The van der Waals surface area contributed by atoms with Crippen LogP contribution in [0.3, 0.4) is 0 Å². The van der Waals surface area contributed by atoms with Gasteiger partial charge in [0.15, 0.2) is 0 Å². The van der Waals surface area contributed by atoms with Crippen LogP contribution in [0.2, 0.25) is 0 Å². The van der Waals surface area contributed by atoms with Crippen LogP contribution in [0.15, 0.2) is 29.3 Å². The Labute approximate surface area is 133 Å². The summed E-state index contributed by atoms with van der Waals surface area (Å²) in [6.45, 7) is 8.63. The van der Waals surface area contributed by atoms with Gasteiger partial charge < -0.3 is 5.32 Å². The maximum absolute atomic E-state index is 4.52. The van der Waals surface area contributed by atoms with Gasteiger partial charge in [0.05, 0.1) is 13.1 Å². The number of amidine groups is 1. The minimum Gasteiger partial charge on any atom is -0.371 e. The molecular formula is C15H23Cl2N3. The molecule has 0 unspecified atom stereocenters. The molecule has 0 aromatic heterocycles. The summed E-state index contributed by atoms with van der Waals surface area (Å²) < 4.78 is 0. The Kier molecular flexibility index (Phi) is 5.87. The summed E-state index contributed by atoms with van der Waals surface area (Å²) in [5, 5.41) is 3.37. The van der Waals surface area contributed by atoms with E-state index < -0.39 is 0 Å². The Morgan fingerprint density at radius 3 is 2.70 bits per heavy atom. The summed E-state index contributed by atoms with van der Waals surface area (Å²) in [5.74, 6) is 1.16. The Morgan fingerprint density at radius 2 is 2.00 bits per heavy atom. The maximum atomic E-state index is 4.52. The van der Waals surface area contributed by atoms with Crippen LogP contribution in [-0.4, -0.2) is 36.9 Å². The normalized spacial score (nSPS) is 20.0. The molecule has 2 aliphatic heterocycles. The van der Waals surface area contributed by atoms with Gasteiger partial charge in [0.2, 0.25) is 0 Å². The van der Waals surface area contributed by atoms with E-state index in [4.69, 9.17) is 0 Å². The largest absolute Gasteiger partial charge is 0.371 e. The van der Waals surface area contributed by atoms with Crippen LogP contribution in [0.1, 0.15) is 25.0 Å². The molecule has 0 spiro atoms. The first kappa shape index (κ1) is 17.3. The van der Waals surface area contributed by atoms with Gasteiger partial charge in [0, 0.05) is 18.6 Å². The first-order valence-electron chi connectivity index (χ1n) is 6.78. The van der Waals surface area contributed by atoms with Gasteiger partial charge in [0.25, 0.3) is 0 Å². The lowest BCUT2D eigenvalue weighted by Gasteiger charge is -2.43. The SMILES string of the molecule is CC1(C)c2ccccc2CCN1CC1=NCCN1.Cl.Cl. The summed E-state index contributed by atoms with van der Waals surface area (Å²) in [7, 11) is 0. The molecule has 0 amide bonds. The van der Waals surface area contributed by atoms with Crippen LogP contribution in [-0.2, 0) is 12.0 Å². The lowest BCUT2D eigenvalue weighted by atomic mass is 9.83. The highest BCUT2D eigenvalue weighted by Crippen LogP contribution is 2.34. The highest BCUT2D eigenvalue weighted by atomic mass is 35.5. The molecule has 2 aliphatic rings. The van der Waals surface area contributed by atoms with E-state index in [1.807, 2.05) is 0 Å². The molecule has 112 valence electrons. The Hall–Kier alpha value is -0.770. The topological polar surface area (TPSA) is 27.6 Å². The molecule has 0 atom stereocenters. The van der Waals surface area contributed by atoms with Crippen LogP contribution in [0.5, 0.6) is 0 Å². The van der Waals surface area contributed by atoms with Crippen molar-refractivity contribution in [3.05, 3.63) is 35.4 Å². The van der Waals surface area contributed by atoms with Gasteiger partial charge in [-0.2, -0.15) is 0 Å².